The molecule has 0 aliphatic carbocycles. The van der Waals surface area contributed by atoms with Gasteiger partial charge in [0.15, 0.2) is 0 Å². The smallest absolute Gasteiger partial charge is 0.124 e. The Labute approximate surface area is 141 Å². The van der Waals surface area contributed by atoms with E-state index in [-0.39, 0.29) is 17.7 Å². The highest BCUT2D eigenvalue weighted by Crippen LogP contribution is 2.31. The number of nitrogens with one attached hydrogen (secondary N) is 1. The summed E-state index contributed by atoms with van der Waals surface area (Å²) in [6.45, 7) is 2.80. The number of hydrogen-bond donors (Lipinski definition) is 1. The van der Waals surface area contributed by atoms with E-state index in [2.05, 4.69) is 27.9 Å². The predicted octanol–water partition coefficient (Wildman–Crippen LogP) is 5.31. The van der Waals surface area contributed by atoms with E-state index in [1.165, 1.54) is 24.3 Å². The van der Waals surface area contributed by atoms with Crippen molar-refractivity contribution in [2.45, 2.75) is 19.4 Å². The molecule has 0 spiro atoms. The first kappa shape index (κ1) is 16.6. The lowest BCUT2D eigenvalue weighted by atomic mass is 9.98. The minimum absolute atomic E-state index is 0.263. The molecule has 2 aromatic rings. The molecule has 0 bridgehead atoms. The Bertz CT molecular complexity index is 634. The van der Waals surface area contributed by atoms with Gasteiger partial charge in [-0.15, -0.1) is 0 Å². The second-order valence-corrected chi connectivity index (χ2v) is 6.29. The van der Waals surface area contributed by atoms with Crippen LogP contribution in [0.2, 0.25) is 5.02 Å². The molecule has 0 amide bonds. The first-order valence-corrected chi connectivity index (χ1v) is 8.12. The van der Waals surface area contributed by atoms with Crippen LogP contribution in [0, 0.1) is 15.2 Å². The van der Waals surface area contributed by atoms with E-state index < -0.39 is 0 Å². The summed E-state index contributed by atoms with van der Waals surface area (Å²) in [6.07, 6.45) is 0.932. The fourth-order valence-corrected chi connectivity index (χ4v) is 3.16. The van der Waals surface area contributed by atoms with E-state index in [0.29, 0.717) is 10.6 Å². The Morgan fingerprint density at radius 1 is 1.10 bits per heavy atom. The van der Waals surface area contributed by atoms with Crippen molar-refractivity contribution in [1.29, 1.82) is 0 Å². The van der Waals surface area contributed by atoms with E-state index in [0.717, 1.165) is 22.1 Å². The van der Waals surface area contributed by atoms with Crippen LogP contribution in [0.5, 0.6) is 0 Å². The maximum atomic E-state index is 13.6. The van der Waals surface area contributed by atoms with Crippen LogP contribution in [0.1, 0.15) is 30.5 Å². The van der Waals surface area contributed by atoms with E-state index in [1.807, 2.05) is 6.92 Å². The molecule has 21 heavy (non-hydrogen) atoms. The quantitative estimate of drug-likeness (QED) is 0.645. The monoisotopic (exact) mass is 421 g/mol. The summed E-state index contributed by atoms with van der Waals surface area (Å²) >= 11 is 8.30. The lowest BCUT2D eigenvalue weighted by Crippen LogP contribution is -2.24. The van der Waals surface area contributed by atoms with Crippen molar-refractivity contribution in [3.05, 3.63) is 67.8 Å². The summed E-state index contributed by atoms with van der Waals surface area (Å²) in [5.41, 5.74) is 1.55. The summed E-state index contributed by atoms with van der Waals surface area (Å²) in [4.78, 5) is 0. The highest BCUT2D eigenvalue weighted by Gasteiger charge is 2.19. The Morgan fingerprint density at radius 2 is 1.76 bits per heavy atom. The van der Waals surface area contributed by atoms with Crippen LogP contribution in [0.4, 0.5) is 8.78 Å². The van der Waals surface area contributed by atoms with Crippen molar-refractivity contribution >= 4 is 34.2 Å². The molecule has 2 aromatic carbocycles. The van der Waals surface area contributed by atoms with Gasteiger partial charge in [0.05, 0.1) is 6.04 Å². The molecule has 5 heteroatoms. The number of rotatable bonds is 5. The molecule has 0 radical (unpaired) electrons. The molecule has 112 valence electrons. The average Bonchev–Trinajstić information content (AvgIpc) is 2.44. The summed E-state index contributed by atoms with van der Waals surface area (Å²) in [5, 5.41) is 3.84. The van der Waals surface area contributed by atoms with Gasteiger partial charge in [-0.25, -0.2) is 8.78 Å². The molecule has 0 aromatic heterocycles. The van der Waals surface area contributed by atoms with E-state index in [4.69, 9.17) is 11.6 Å². The van der Waals surface area contributed by atoms with Crippen LogP contribution in [0.25, 0.3) is 0 Å². The van der Waals surface area contributed by atoms with Crippen molar-refractivity contribution in [1.82, 2.24) is 5.32 Å². The van der Waals surface area contributed by atoms with Gasteiger partial charge in [-0.3, -0.25) is 0 Å². The summed E-state index contributed by atoms with van der Waals surface area (Å²) in [5.74, 6) is -0.627. The first-order valence-electron chi connectivity index (χ1n) is 6.66. The normalized spacial score (nSPS) is 12.4. The average molecular weight is 422 g/mol. The Balaban J connectivity index is 2.49. The molecular formula is C16H15ClF2IN. The minimum atomic E-state index is -0.338. The molecule has 0 aliphatic heterocycles. The third-order valence-electron chi connectivity index (χ3n) is 3.14. The van der Waals surface area contributed by atoms with Crippen molar-refractivity contribution in [2.24, 2.45) is 0 Å². The zero-order chi connectivity index (χ0) is 15.4. The molecule has 1 unspecified atom stereocenters. The standard InChI is InChI=1S/C16H15ClF2IN/c1-2-7-21-16(12-5-3-11(19)9-15(12)20)13-8-10(18)4-6-14(13)17/h3-6,8-9,16,21H,2,7H2,1H3. The molecule has 0 saturated heterocycles. The van der Waals surface area contributed by atoms with Gasteiger partial charge in [0.2, 0.25) is 0 Å². The highest BCUT2D eigenvalue weighted by molar-refractivity contribution is 14.1. The molecule has 2 rings (SSSR count). The van der Waals surface area contributed by atoms with Crippen molar-refractivity contribution in [2.75, 3.05) is 6.54 Å². The van der Waals surface area contributed by atoms with Crippen LogP contribution in [0.15, 0.2) is 36.4 Å². The van der Waals surface area contributed by atoms with Gasteiger partial charge in [0, 0.05) is 8.59 Å². The Hall–Kier alpha value is -0.720. The summed E-state index contributed by atoms with van der Waals surface area (Å²) in [7, 11) is 0. The van der Waals surface area contributed by atoms with Crippen LogP contribution < -0.4 is 5.32 Å². The van der Waals surface area contributed by atoms with Gasteiger partial charge in [-0.2, -0.15) is 0 Å². The number of halogens is 4. The SMILES string of the molecule is CCCNC(c1cc(F)ccc1Cl)c1ccc(F)cc1I. The highest BCUT2D eigenvalue weighted by atomic mass is 127. The molecule has 0 heterocycles. The van der Waals surface area contributed by atoms with E-state index in [9.17, 15) is 8.78 Å². The molecule has 1 nitrogen and oxygen atoms in total. The molecular weight excluding hydrogens is 407 g/mol. The van der Waals surface area contributed by atoms with Gasteiger partial charge >= 0.3 is 0 Å². The minimum Gasteiger partial charge on any atom is -0.306 e. The van der Waals surface area contributed by atoms with Gasteiger partial charge in [-0.1, -0.05) is 24.6 Å². The Morgan fingerprint density at radius 3 is 2.43 bits per heavy atom. The van der Waals surface area contributed by atoms with Crippen LogP contribution >= 0.6 is 34.2 Å². The van der Waals surface area contributed by atoms with Gasteiger partial charge in [0.1, 0.15) is 11.6 Å². The zero-order valence-electron chi connectivity index (χ0n) is 11.5. The van der Waals surface area contributed by atoms with Crippen LogP contribution in [0.3, 0.4) is 0 Å². The second kappa shape index (κ2) is 7.51. The fraction of sp³-hybridized carbons (Fsp3) is 0.250. The van der Waals surface area contributed by atoms with Gasteiger partial charge < -0.3 is 5.32 Å². The van der Waals surface area contributed by atoms with E-state index in [1.54, 1.807) is 12.1 Å². The lowest BCUT2D eigenvalue weighted by molar-refractivity contribution is 0.580. The molecule has 0 fully saturated rings. The molecule has 1 atom stereocenters. The zero-order valence-corrected chi connectivity index (χ0v) is 14.4. The topological polar surface area (TPSA) is 12.0 Å². The Kier molecular flexibility index (Phi) is 5.96. The predicted molar refractivity (Wildman–Crippen MR) is 90.7 cm³/mol. The van der Waals surface area contributed by atoms with Crippen molar-refractivity contribution in [3.8, 4) is 0 Å². The first-order chi connectivity index (χ1) is 10.0. The maximum absolute atomic E-state index is 13.6. The van der Waals surface area contributed by atoms with Gasteiger partial charge in [-0.05, 0) is 77.0 Å². The van der Waals surface area contributed by atoms with E-state index >= 15 is 0 Å². The summed E-state index contributed by atoms with van der Waals surface area (Å²) < 4.78 is 27.6. The van der Waals surface area contributed by atoms with Gasteiger partial charge in [0.25, 0.3) is 0 Å². The number of hydrogen-bond acceptors (Lipinski definition) is 1. The van der Waals surface area contributed by atoms with Crippen LogP contribution in [-0.4, -0.2) is 6.54 Å². The fourth-order valence-electron chi connectivity index (χ4n) is 2.15. The summed E-state index contributed by atoms with van der Waals surface area (Å²) in [6, 6.07) is 8.62. The van der Waals surface area contributed by atoms with Crippen LogP contribution in [-0.2, 0) is 0 Å². The third kappa shape index (κ3) is 4.14. The maximum Gasteiger partial charge on any atom is 0.124 e. The molecule has 0 saturated carbocycles. The number of benzene rings is 2. The largest absolute Gasteiger partial charge is 0.306 e. The lowest BCUT2D eigenvalue weighted by Gasteiger charge is -2.22. The third-order valence-corrected chi connectivity index (χ3v) is 4.42. The van der Waals surface area contributed by atoms with Crippen molar-refractivity contribution < 1.29 is 8.78 Å². The molecule has 0 aliphatic rings. The molecule has 1 N–H and O–H groups in total. The second-order valence-electron chi connectivity index (χ2n) is 4.72. The van der Waals surface area contributed by atoms with Crippen molar-refractivity contribution in [3.63, 3.8) is 0 Å².